The third-order valence-corrected chi connectivity index (χ3v) is 4.86. The van der Waals surface area contributed by atoms with Crippen molar-refractivity contribution in [1.29, 1.82) is 0 Å². The molecule has 0 saturated carbocycles. The van der Waals surface area contributed by atoms with Gasteiger partial charge < -0.3 is 10.1 Å². The van der Waals surface area contributed by atoms with E-state index >= 15 is 0 Å². The summed E-state index contributed by atoms with van der Waals surface area (Å²) in [5.74, 6) is 0.903. The number of nitrogens with zero attached hydrogens (tertiary/aromatic N) is 2. The minimum absolute atomic E-state index is 0.295. The zero-order valence-electron chi connectivity index (χ0n) is 12.2. The molecule has 0 unspecified atom stereocenters. The molecule has 0 amide bonds. The summed E-state index contributed by atoms with van der Waals surface area (Å²) < 4.78 is 5.68. The van der Waals surface area contributed by atoms with Crippen molar-refractivity contribution in [1.82, 2.24) is 9.97 Å². The van der Waals surface area contributed by atoms with Gasteiger partial charge in [-0.25, -0.2) is 9.97 Å². The van der Waals surface area contributed by atoms with Gasteiger partial charge in [-0.1, -0.05) is 30.3 Å². The molecule has 5 heteroatoms. The van der Waals surface area contributed by atoms with Gasteiger partial charge in [0.1, 0.15) is 17.0 Å². The fourth-order valence-corrected chi connectivity index (χ4v) is 3.77. The summed E-state index contributed by atoms with van der Waals surface area (Å²) in [4.78, 5) is 9.88. The summed E-state index contributed by atoms with van der Waals surface area (Å²) in [6.45, 7) is 1.68. The van der Waals surface area contributed by atoms with E-state index in [1.807, 2.05) is 6.07 Å². The number of thiophene rings is 1. The monoisotopic (exact) mass is 311 g/mol. The molecule has 1 saturated heterocycles. The highest BCUT2D eigenvalue weighted by Gasteiger charge is 2.17. The van der Waals surface area contributed by atoms with E-state index in [1.165, 1.54) is 11.1 Å². The number of fused-ring (bicyclic) bond motifs is 1. The maximum absolute atomic E-state index is 5.68. The topological polar surface area (TPSA) is 47.0 Å². The van der Waals surface area contributed by atoms with Gasteiger partial charge in [0.15, 0.2) is 0 Å². The fourth-order valence-electron chi connectivity index (χ4n) is 2.86. The first-order valence-corrected chi connectivity index (χ1v) is 8.43. The highest BCUT2D eigenvalue weighted by Crippen LogP contribution is 2.36. The second kappa shape index (κ2) is 6.02. The van der Waals surface area contributed by atoms with Gasteiger partial charge >= 0.3 is 0 Å². The molecule has 0 aliphatic carbocycles. The van der Waals surface area contributed by atoms with Crippen LogP contribution >= 0.6 is 11.3 Å². The predicted octanol–water partition coefficient (Wildman–Crippen LogP) is 3.95. The SMILES string of the molecule is c1ccc(-c2csc3ncnc(NC[C@@H]4CCCO4)c23)cc1. The predicted molar refractivity (Wildman–Crippen MR) is 90.3 cm³/mol. The van der Waals surface area contributed by atoms with Crippen LogP contribution in [0.3, 0.4) is 0 Å². The smallest absolute Gasteiger partial charge is 0.138 e. The molecule has 0 radical (unpaired) electrons. The summed E-state index contributed by atoms with van der Waals surface area (Å²) >= 11 is 1.66. The van der Waals surface area contributed by atoms with Crippen molar-refractivity contribution >= 4 is 27.4 Å². The van der Waals surface area contributed by atoms with E-state index in [0.717, 1.165) is 42.0 Å². The van der Waals surface area contributed by atoms with Gasteiger partial charge in [0, 0.05) is 24.1 Å². The number of ether oxygens (including phenoxy) is 1. The minimum atomic E-state index is 0.295. The number of anilines is 1. The standard InChI is InChI=1S/C17H17N3OS/c1-2-5-12(6-3-1)14-10-22-17-15(14)16(19-11-20-17)18-9-13-7-4-8-21-13/h1-3,5-6,10-11,13H,4,7-9H2,(H,18,19,20)/t13-/m0/s1. The molecule has 3 heterocycles. The molecule has 1 aromatic carbocycles. The molecule has 1 aliphatic heterocycles. The Morgan fingerprint density at radius 1 is 1.23 bits per heavy atom. The van der Waals surface area contributed by atoms with Crippen LogP contribution < -0.4 is 5.32 Å². The maximum atomic E-state index is 5.68. The lowest BCUT2D eigenvalue weighted by Crippen LogP contribution is -2.19. The Morgan fingerprint density at radius 3 is 2.95 bits per heavy atom. The van der Waals surface area contributed by atoms with Crippen LogP contribution in [0.2, 0.25) is 0 Å². The molecule has 4 nitrogen and oxygen atoms in total. The van der Waals surface area contributed by atoms with E-state index in [2.05, 4.69) is 44.9 Å². The molecule has 1 atom stereocenters. The molecule has 112 valence electrons. The first-order valence-electron chi connectivity index (χ1n) is 7.55. The van der Waals surface area contributed by atoms with Gasteiger partial charge in [-0.2, -0.15) is 0 Å². The zero-order chi connectivity index (χ0) is 14.8. The van der Waals surface area contributed by atoms with Crippen molar-refractivity contribution in [3.8, 4) is 11.1 Å². The van der Waals surface area contributed by atoms with Crippen LogP contribution in [0, 0.1) is 0 Å². The summed E-state index contributed by atoms with van der Waals surface area (Å²) in [5, 5.41) is 6.72. The van der Waals surface area contributed by atoms with Crippen molar-refractivity contribution in [3.63, 3.8) is 0 Å². The van der Waals surface area contributed by atoms with Gasteiger partial charge in [0.25, 0.3) is 0 Å². The van der Waals surface area contributed by atoms with Crippen LogP contribution in [-0.4, -0.2) is 29.2 Å². The van der Waals surface area contributed by atoms with Crippen LogP contribution in [0.4, 0.5) is 5.82 Å². The molecule has 1 fully saturated rings. The molecule has 0 bridgehead atoms. The molecule has 4 rings (SSSR count). The van der Waals surface area contributed by atoms with Crippen LogP contribution in [0.25, 0.3) is 21.3 Å². The van der Waals surface area contributed by atoms with E-state index in [-0.39, 0.29) is 0 Å². The first kappa shape index (κ1) is 13.7. The Bertz CT molecular complexity index is 766. The summed E-state index contributed by atoms with van der Waals surface area (Å²) in [6.07, 6.45) is 4.20. The van der Waals surface area contributed by atoms with Gasteiger partial charge in [0.05, 0.1) is 11.5 Å². The Kier molecular flexibility index (Phi) is 3.74. The van der Waals surface area contributed by atoms with Crippen molar-refractivity contribution in [2.24, 2.45) is 0 Å². The largest absolute Gasteiger partial charge is 0.376 e. The summed E-state index contributed by atoms with van der Waals surface area (Å²) in [7, 11) is 0. The van der Waals surface area contributed by atoms with Crippen LogP contribution in [0.1, 0.15) is 12.8 Å². The number of nitrogens with one attached hydrogen (secondary N) is 1. The van der Waals surface area contributed by atoms with Gasteiger partial charge in [-0.05, 0) is 18.4 Å². The van der Waals surface area contributed by atoms with E-state index in [1.54, 1.807) is 17.7 Å². The fraction of sp³-hybridized carbons (Fsp3) is 0.294. The Hall–Kier alpha value is -1.98. The number of benzene rings is 1. The summed E-state index contributed by atoms with van der Waals surface area (Å²) in [5.41, 5.74) is 2.39. The summed E-state index contributed by atoms with van der Waals surface area (Å²) in [6, 6.07) is 10.4. The lowest BCUT2D eigenvalue weighted by molar-refractivity contribution is 0.120. The molecule has 1 N–H and O–H groups in total. The van der Waals surface area contributed by atoms with Crippen LogP contribution in [0.5, 0.6) is 0 Å². The molecule has 22 heavy (non-hydrogen) atoms. The van der Waals surface area contributed by atoms with E-state index < -0.39 is 0 Å². The van der Waals surface area contributed by atoms with Crippen molar-refractivity contribution in [2.45, 2.75) is 18.9 Å². The van der Waals surface area contributed by atoms with Crippen LogP contribution in [-0.2, 0) is 4.74 Å². The lowest BCUT2D eigenvalue weighted by Gasteiger charge is -2.12. The van der Waals surface area contributed by atoms with E-state index in [0.29, 0.717) is 6.10 Å². The molecule has 1 aliphatic rings. The zero-order valence-corrected chi connectivity index (χ0v) is 13.0. The van der Waals surface area contributed by atoms with E-state index in [4.69, 9.17) is 4.74 Å². The molecule has 0 spiro atoms. The van der Waals surface area contributed by atoms with Crippen molar-refractivity contribution in [2.75, 3.05) is 18.5 Å². The Labute approximate surface area is 133 Å². The highest BCUT2D eigenvalue weighted by molar-refractivity contribution is 7.17. The van der Waals surface area contributed by atoms with Crippen LogP contribution in [0.15, 0.2) is 42.0 Å². The van der Waals surface area contributed by atoms with E-state index in [9.17, 15) is 0 Å². The third kappa shape index (κ3) is 2.58. The van der Waals surface area contributed by atoms with Crippen molar-refractivity contribution < 1.29 is 4.74 Å². The molecular weight excluding hydrogens is 294 g/mol. The minimum Gasteiger partial charge on any atom is -0.376 e. The first-order chi connectivity index (χ1) is 10.9. The normalized spacial score (nSPS) is 17.9. The Balaban J connectivity index is 1.70. The Morgan fingerprint density at radius 2 is 2.14 bits per heavy atom. The van der Waals surface area contributed by atoms with Gasteiger partial charge in [-0.15, -0.1) is 11.3 Å². The lowest BCUT2D eigenvalue weighted by atomic mass is 10.1. The average molecular weight is 311 g/mol. The number of hydrogen-bond acceptors (Lipinski definition) is 5. The number of aromatic nitrogens is 2. The van der Waals surface area contributed by atoms with Crippen molar-refractivity contribution in [3.05, 3.63) is 42.0 Å². The molecular formula is C17H17N3OS. The maximum Gasteiger partial charge on any atom is 0.138 e. The molecule has 2 aromatic heterocycles. The number of rotatable bonds is 4. The van der Waals surface area contributed by atoms with Gasteiger partial charge in [-0.3, -0.25) is 0 Å². The second-order valence-electron chi connectivity index (χ2n) is 5.43. The average Bonchev–Trinajstić information content (AvgIpc) is 3.23. The third-order valence-electron chi connectivity index (χ3n) is 3.98. The highest BCUT2D eigenvalue weighted by atomic mass is 32.1. The van der Waals surface area contributed by atoms with Gasteiger partial charge in [0.2, 0.25) is 0 Å². The second-order valence-corrected chi connectivity index (χ2v) is 6.29. The number of hydrogen-bond donors (Lipinski definition) is 1. The molecule has 3 aromatic rings. The quantitative estimate of drug-likeness (QED) is 0.792.